The first-order valence-electron chi connectivity index (χ1n) is 0.463. The molecule has 0 aromatic heterocycles. The third-order valence-corrected chi connectivity index (χ3v) is 0. The van der Waals surface area contributed by atoms with E-state index in [-0.39, 0.29) is 11.0 Å². The number of hydrogen-bond donors (Lipinski definition) is 0. The SMILES string of the molecule is O.O.[Cl][Mo]([Cl])[Cl]. The van der Waals surface area contributed by atoms with Crippen LogP contribution in [0.15, 0.2) is 0 Å². The van der Waals surface area contributed by atoms with E-state index < -0.39 is 14.2 Å². The Hall–Kier alpha value is 1.48. The summed E-state index contributed by atoms with van der Waals surface area (Å²) >= 11 is -1.94. The molecule has 0 atom stereocenters. The van der Waals surface area contributed by atoms with E-state index in [0.29, 0.717) is 0 Å². The Labute approximate surface area is 53.3 Å². The molecule has 43 valence electrons. The molecule has 0 amide bonds. The van der Waals surface area contributed by atoms with E-state index >= 15 is 0 Å². The van der Waals surface area contributed by atoms with Crippen molar-refractivity contribution in [3.63, 3.8) is 0 Å². The fraction of sp³-hybridized carbons (Fsp3) is 0. The molecule has 0 fully saturated rings. The summed E-state index contributed by atoms with van der Waals surface area (Å²) < 4.78 is 0. The van der Waals surface area contributed by atoms with Crippen LogP contribution in [0, 0.1) is 0 Å². The van der Waals surface area contributed by atoms with Crippen molar-refractivity contribution in [2.24, 2.45) is 0 Å². The van der Waals surface area contributed by atoms with Crippen LogP contribution in [0.2, 0.25) is 0 Å². The van der Waals surface area contributed by atoms with Crippen LogP contribution in [0.3, 0.4) is 0 Å². The summed E-state index contributed by atoms with van der Waals surface area (Å²) in [5.74, 6) is 0. The maximum absolute atomic E-state index is 4.98. The summed E-state index contributed by atoms with van der Waals surface area (Å²) in [6.45, 7) is 0. The Morgan fingerprint density at radius 3 is 0.833 bits per heavy atom. The van der Waals surface area contributed by atoms with Crippen LogP contribution in [0.5, 0.6) is 0 Å². The number of hydrogen-bond acceptors (Lipinski definition) is 0. The van der Waals surface area contributed by atoms with Gasteiger partial charge in [0.1, 0.15) is 0 Å². The zero-order valence-corrected chi connectivity index (χ0v) is 6.82. The molecule has 0 aliphatic carbocycles. The van der Waals surface area contributed by atoms with Gasteiger partial charge < -0.3 is 11.0 Å². The van der Waals surface area contributed by atoms with Gasteiger partial charge in [-0.2, -0.15) is 0 Å². The van der Waals surface area contributed by atoms with Gasteiger partial charge in [0.2, 0.25) is 0 Å². The Morgan fingerprint density at radius 2 is 0.833 bits per heavy atom. The van der Waals surface area contributed by atoms with E-state index in [9.17, 15) is 0 Å². The second-order valence-electron chi connectivity index (χ2n) is 0.175. The average molecular weight is 238 g/mol. The molecule has 6 heteroatoms. The second-order valence-corrected chi connectivity index (χ2v) is 9.32. The Balaban J connectivity index is -0.0000000450. The van der Waals surface area contributed by atoms with E-state index in [2.05, 4.69) is 0 Å². The predicted molar refractivity (Wildman–Crippen MR) is 24.8 cm³/mol. The van der Waals surface area contributed by atoms with Crippen molar-refractivity contribution < 1.29 is 25.1 Å². The van der Waals surface area contributed by atoms with Crippen molar-refractivity contribution in [2.75, 3.05) is 0 Å². The molecule has 0 saturated carbocycles. The van der Waals surface area contributed by atoms with Crippen LogP contribution in [0.25, 0.3) is 0 Å². The minimum atomic E-state index is -1.94. The third kappa shape index (κ3) is 50.3. The molecule has 0 aromatic rings. The normalized spacial score (nSPS) is 6.00. The first kappa shape index (κ1) is 15.6. The fourth-order valence-corrected chi connectivity index (χ4v) is 0. The van der Waals surface area contributed by atoms with Crippen LogP contribution in [0.1, 0.15) is 0 Å². The fourth-order valence-electron chi connectivity index (χ4n) is 0. The molecule has 6 heavy (non-hydrogen) atoms. The van der Waals surface area contributed by atoms with Crippen LogP contribution in [0.4, 0.5) is 0 Å². The van der Waals surface area contributed by atoms with Crippen molar-refractivity contribution in [3.05, 3.63) is 0 Å². The van der Waals surface area contributed by atoms with Gasteiger partial charge in [0.05, 0.1) is 0 Å². The van der Waals surface area contributed by atoms with Gasteiger partial charge in [0, 0.05) is 0 Å². The standard InChI is InChI=1S/3ClH.Mo.2H2O/h3*1H;;2*1H2/q;;;+3;;/p-3. The van der Waals surface area contributed by atoms with E-state index in [0.717, 1.165) is 0 Å². The molecule has 0 radical (unpaired) electrons. The third-order valence-electron chi connectivity index (χ3n) is 0. The molecule has 0 heterocycles. The van der Waals surface area contributed by atoms with Crippen molar-refractivity contribution in [2.45, 2.75) is 0 Å². The molecule has 0 aliphatic rings. The van der Waals surface area contributed by atoms with Gasteiger partial charge in [-0.25, -0.2) is 0 Å². The van der Waals surface area contributed by atoms with Gasteiger partial charge in [-0.3, -0.25) is 0 Å². The predicted octanol–water partition coefficient (Wildman–Crippen LogP) is 0.417. The Kier molecular flexibility index (Phi) is 25.3. The second kappa shape index (κ2) is 9.69. The molecule has 0 aliphatic heterocycles. The molecule has 0 rings (SSSR count). The van der Waals surface area contributed by atoms with Gasteiger partial charge in [-0.15, -0.1) is 0 Å². The minimum absolute atomic E-state index is 0. The zero-order chi connectivity index (χ0) is 3.58. The summed E-state index contributed by atoms with van der Waals surface area (Å²) in [5, 5.41) is 0. The summed E-state index contributed by atoms with van der Waals surface area (Å²) in [4.78, 5) is 0. The van der Waals surface area contributed by atoms with Crippen molar-refractivity contribution in [1.29, 1.82) is 0 Å². The van der Waals surface area contributed by atoms with Gasteiger partial charge in [0.25, 0.3) is 0 Å². The molecule has 2 nitrogen and oxygen atoms in total. The molecule has 0 saturated heterocycles. The summed E-state index contributed by atoms with van der Waals surface area (Å²) in [7, 11) is 14.9. The summed E-state index contributed by atoms with van der Waals surface area (Å²) in [6, 6.07) is 0. The van der Waals surface area contributed by atoms with Crippen LogP contribution < -0.4 is 0 Å². The molecular weight excluding hydrogens is 234 g/mol. The van der Waals surface area contributed by atoms with E-state index in [4.69, 9.17) is 28.3 Å². The first-order valence-corrected chi connectivity index (χ1v) is 8.22. The molecule has 0 spiro atoms. The monoisotopic (exact) mass is 239 g/mol. The van der Waals surface area contributed by atoms with E-state index in [1.807, 2.05) is 0 Å². The van der Waals surface area contributed by atoms with Crippen LogP contribution in [-0.4, -0.2) is 11.0 Å². The summed E-state index contributed by atoms with van der Waals surface area (Å²) in [6.07, 6.45) is 0. The van der Waals surface area contributed by atoms with Crippen molar-refractivity contribution >= 4 is 28.3 Å². The zero-order valence-electron chi connectivity index (χ0n) is 2.54. The first-order chi connectivity index (χ1) is 1.73. The van der Waals surface area contributed by atoms with Gasteiger partial charge in [-0.05, 0) is 0 Å². The van der Waals surface area contributed by atoms with E-state index in [1.165, 1.54) is 0 Å². The molecular formula is H4Cl3MoO2. The van der Waals surface area contributed by atoms with Gasteiger partial charge in [0.15, 0.2) is 0 Å². The quantitative estimate of drug-likeness (QED) is 0.549. The van der Waals surface area contributed by atoms with Crippen LogP contribution >= 0.6 is 28.3 Å². The van der Waals surface area contributed by atoms with E-state index in [1.54, 1.807) is 0 Å². The van der Waals surface area contributed by atoms with Gasteiger partial charge in [-0.1, -0.05) is 0 Å². The van der Waals surface area contributed by atoms with Crippen molar-refractivity contribution in [1.82, 2.24) is 0 Å². The molecule has 4 N–H and O–H groups in total. The van der Waals surface area contributed by atoms with Gasteiger partial charge >= 0.3 is 42.4 Å². The van der Waals surface area contributed by atoms with Crippen molar-refractivity contribution in [3.8, 4) is 0 Å². The Morgan fingerprint density at radius 1 is 0.833 bits per heavy atom. The topological polar surface area (TPSA) is 63.0 Å². The molecule has 0 unspecified atom stereocenters. The summed E-state index contributed by atoms with van der Waals surface area (Å²) in [5.41, 5.74) is 0. The number of rotatable bonds is 0. The number of halogens is 3. The average Bonchev–Trinajstić information content (AvgIpc) is 0.811. The molecule has 0 bridgehead atoms. The molecule has 0 aromatic carbocycles. The van der Waals surface area contributed by atoms with Crippen LogP contribution in [-0.2, 0) is 14.2 Å². The Bertz CT molecular complexity index is 13.5. The maximum atomic E-state index is 4.98.